The van der Waals surface area contributed by atoms with Crippen LogP contribution in [0, 0.1) is 0 Å². The lowest BCUT2D eigenvalue weighted by molar-refractivity contribution is -0.133. The number of halogens is 1. The highest BCUT2D eigenvalue weighted by atomic mass is 28.4. The molecule has 1 aliphatic rings. The first kappa shape index (κ1) is 25.9. The van der Waals surface area contributed by atoms with E-state index in [2.05, 4.69) is 25.8 Å². The zero-order valence-corrected chi connectivity index (χ0v) is 21.9. The normalized spacial score (nSPS) is 21.3. The fraction of sp³-hybridized carbons (Fsp3) is 0.370. The van der Waals surface area contributed by atoms with Gasteiger partial charge in [-0.1, -0.05) is 81.4 Å². The third-order valence-corrected chi connectivity index (χ3v) is 11.7. The Hall–Kier alpha value is -3.14. The van der Waals surface area contributed by atoms with E-state index in [4.69, 9.17) is 14.9 Å². The van der Waals surface area contributed by atoms with Gasteiger partial charge in [0.2, 0.25) is 0 Å². The number of hydrogen-bond donors (Lipinski definition) is 1. The molecule has 0 bridgehead atoms. The van der Waals surface area contributed by atoms with Gasteiger partial charge >= 0.3 is 5.69 Å². The van der Waals surface area contributed by atoms with Gasteiger partial charge in [-0.05, 0) is 28.4 Å². The molecule has 2 heterocycles. The molecule has 4 atom stereocenters. The summed E-state index contributed by atoms with van der Waals surface area (Å²) in [4.78, 5) is 29.1. The lowest BCUT2D eigenvalue weighted by Crippen LogP contribution is -2.69. The summed E-state index contributed by atoms with van der Waals surface area (Å²) in [6.45, 7) is 7.74. The minimum atomic E-state index is -3.11. The van der Waals surface area contributed by atoms with Crippen molar-refractivity contribution in [1.82, 2.24) is 9.55 Å². The van der Waals surface area contributed by atoms with Crippen LogP contribution in [0.3, 0.4) is 0 Å². The van der Waals surface area contributed by atoms with Crippen molar-refractivity contribution in [3.05, 3.63) is 83.4 Å². The fourth-order valence-electron chi connectivity index (χ4n) is 5.01. The van der Waals surface area contributed by atoms with Crippen molar-refractivity contribution in [3.8, 4) is 0 Å². The second kappa shape index (κ2) is 10.1. The Morgan fingerprint density at radius 1 is 1.11 bits per heavy atom. The molecule has 1 aliphatic heterocycles. The van der Waals surface area contributed by atoms with E-state index in [1.807, 2.05) is 60.7 Å². The van der Waals surface area contributed by atoms with Crippen LogP contribution in [0.5, 0.6) is 0 Å². The van der Waals surface area contributed by atoms with Crippen LogP contribution in [0.15, 0.2) is 77.7 Å². The van der Waals surface area contributed by atoms with E-state index in [9.17, 15) is 9.59 Å². The van der Waals surface area contributed by atoms with Gasteiger partial charge in [0.15, 0.2) is 12.0 Å². The van der Waals surface area contributed by atoms with Crippen molar-refractivity contribution >= 4 is 30.3 Å². The maximum absolute atomic E-state index is 15.2. The SMILES string of the molecule is CC(=O)C(O[Si](c1ccccc1)(c1ccccc1)C(C)(C)C)[C@@H]1C[C@@H](F)[C@H](n2ccc(N)nc2=O)O1. The molecule has 7 nitrogen and oxygen atoms in total. The summed E-state index contributed by atoms with van der Waals surface area (Å²) in [6.07, 6.45) is -3.39. The van der Waals surface area contributed by atoms with Gasteiger partial charge < -0.3 is 14.9 Å². The second-order valence-corrected chi connectivity index (χ2v) is 14.4. The van der Waals surface area contributed by atoms with Crippen LogP contribution in [0.1, 0.15) is 40.3 Å². The lowest BCUT2D eigenvalue weighted by atomic mass is 10.1. The third-order valence-electron chi connectivity index (χ3n) is 6.67. The summed E-state index contributed by atoms with van der Waals surface area (Å²) in [5.74, 6) is -0.221. The Morgan fingerprint density at radius 2 is 1.67 bits per heavy atom. The van der Waals surface area contributed by atoms with Crippen molar-refractivity contribution in [2.24, 2.45) is 0 Å². The predicted molar refractivity (Wildman–Crippen MR) is 140 cm³/mol. The first-order valence-corrected chi connectivity index (χ1v) is 13.9. The molecule has 2 aromatic carbocycles. The van der Waals surface area contributed by atoms with Crippen LogP contribution in [-0.4, -0.2) is 42.0 Å². The zero-order valence-electron chi connectivity index (χ0n) is 20.9. The zero-order chi connectivity index (χ0) is 26.1. The maximum atomic E-state index is 15.2. The predicted octanol–water partition coefficient (Wildman–Crippen LogP) is 2.99. The Labute approximate surface area is 211 Å². The number of nitrogen functional groups attached to an aromatic ring is 1. The van der Waals surface area contributed by atoms with Gasteiger partial charge in [-0.25, -0.2) is 9.18 Å². The largest absolute Gasteiger partial charge is 0.395 e. The van der Waals surface area contributed by atoms with Crippen molar-refractivity contribution in [2.45, 2.75) is 63.8 Å². The van der Waals surface area contributed by atoms with Crippen molar-refractivity contribution in [1.29, 1.82) is 0 Å². The molecular weight excluding hydrogens is 477 g/mol. The highest BCUT2D eigenvalue weighted by Gasteiger charge is 2.54. The average Bonchev–Trinajstić information content (AvgIpc) is 3.20. The standard InChI is InChI=1S/C27H32FN3O4Si/c1-18(32)24(22-17-21(28)25(34-22)31-16-15-23(29)30-26(31)33)35-36(27(2,3)4,19-11-7-5-8-12-19)20-13-9-6-10-14-20/h5-16,21-22,24-25H,17H2,1-4H3,(H2,29,30,33)/t21-,22+,24?,25-/m1/s1. The van der Waals surface area contributed by atoms with Crippen molar-refractivity contribution in [2.75, 3.05) is 5.73 Å². The maximum Gasteiger partial charge on any atom is 0.351 e. The monoisotopic (exact) mass is 509 g/mol. The molecule has 1 aromatic heterocycles. The number of nitrogens with zero attached hydrogens (tertiary/aromatic N) is 2. The number of hydrogen-bond acceptors (Lipinski definition) is 6. The summed E-state index contributed by atoms with van der Waals surface area (Å²) in [5.41, 5.74) is 4.87. The number of Topliss-reactive ketones (excluding diaryl/α,β-unsaturated/α-hetero) is 1. The van der Waals surface area contributed by atoms with Crippen LogP contribution in [-0.2, 0) is 14.0 Å². The number of ketones is 1. The van der Waals surface area contributed by atoms with Gasteiger partial charge in [-0.15, -0.1) is 0 Å². The molecular formula is C27H32FN3O4Si. The van der Waals surface area contributed by atoms with Crippen LogP contribution in [0.4, 0.5) is 10.2 Å². The van der Waals surface area contributed by atoms with E-state index in [0.717, 1.165) is 14.9 Å². The molecule has 1 saturated heterocycles. The summed E-state index contributed by atoms with van der Waals surface area (Å²) in [7, 11) is -3.11. The van der Waals surface area contributed by atoms with Crippen LogP contribution < -0.4 is 21.8 Å². The number of carbonyl (C=O) groups is 1. The Morgan fingerprint density at radius 3 is 2.14 bits per heavy atom. The first-order chi connectivity index (χ1) is 17.0. The Kier molecular flexibility index (Phi) is 7.26. The molecule has 0 spiro atoms. The van der Waals surface area contributed by atoms with Crippen molar-refractivity contribution in [3.63, 3.8) is 0 Å². The minimum Gasteiger partial charge on any atom is -0.395 e. The molecule has 36 heavy (non-hydrogen) atoms. The summed E-state index contributed by atoms with van der Waals surface area (Å²) < 4.78 is 29.3. The molecule has 3 aromatic rings. The first-order valence-electron chi connectivity index (χ1n) is 12.0. The van der Waals surface area contributed by atoms with E-state index in [0.29, 0.717) is 0 Å². The average molecular weight is 510 g/mol. The second-order valence-electron chi connectivity index (χ2n) is 10.2. The quantitative estimate of drug-likeness (QED) is 0.492. The van der Waals surface area contributed by atoms with Gasteiger partial charge in [0.05, 0.1) is 6.10 Å². The molecule has 1 unspecified atom stereocenters. The molecule has 0 aliphatic carbocycles. The number of nitrogens with two attached hydrogens (primary N) is 1. The smallest absolute Gasteiger partial charge is 0.351 e. The number of carbonyl (C=O) groups excluding carboxylic acids is 1. The Bertz CT molecular complexity index is 1220. The van der Waals surface area contributed by atoms with E-state index < -0.39 is 38.6 Å². The molecule has 0 radical (unpaired) electrons. The molecule has 9 heteroatoms. The summed E-state index contributed by atoms with van der Waals surface area (Å²) >= 11 is 0. The van der Waals surface area contributed by atoms with Gasteiger partial charge in [0, 0.05) is 12.6 Å². The van der Waals surface area contributed by atoms with Gasteiger partial charge in [-0.2, -0.15) is 4.98 Å². The number of anilines is 1. The van der Waals surface area contributed by atoms with Gasteiger partial charge in [-0.3, -0.25) is 9.36 Å². The van der Waals surface area contributed by atoms with E-state index in [1.54, 1.807) is 0 Å². The van der Waals surface area contributed by atoms with E-state index in [-0.39, 0.29) is 23.1 Å². The summed E-state index contributed by atoms with van der Waals surface area (Å²) in [6, 6.07) is 21.2. The third kappa shape index (κ3) is 4.78. The highest BCUT2D eigenvalue weighted by Crippen LogP contribution is 2.40. The fourth-order valence-corrected chi connectivity index (χ4v) is 9.73. The number of aromatic nitrogens is 2. The summed E-state index contributed by atoms with van der Waals surface area (Å²) in [5, 5.41) is 1.62. The Balaban J connectivity index is 1.77. The number of rotatable bonds is 7. The van der Waals surface area contributed by atoms with Crippen LogP contribution in [0.2, 0.25) is 5.04 Å². The molecule has 1 fully saturated rings. The molecule has 0 amide bonds. The number of alkyl halides is 1. The topological polar surface area (TPSA) is 96.4 Å². The minimum absolute atomic E-state index is 0.0397. The van der Waals surface area contributed by atoms with Gasteiger partial charge in [0.25, 0.3) is 8.32 Å². The number of benzene rings is 2. The lowest BCUT2D eigenvalue weighted by Gasteiger charge is -2.45. The van der Waals surface area contributed by atoms with E-state index in [1.165, 1.54) is 19.2 Å². The molecule has 4 rings (SSSR count). The highest BCUT2D eigenvalue weighted by molar-refractivity contribution is 6.99. The number of ether oxygens (including phenoxy) is 1. The molecule has 190 valence electrons. The van der Waals surface area contributed by atoms with Crippen LogP contribution in [0.25, 0.3) is 0 Å². The van der Waals surface area contributed by atoms with Crippen molar-refractivity contribution < 1.29 is 18.3 Å². The van der Waals surface area contributed by atoms with E-state index >= 15 is 4.39 Å². The molecule has 2 N–H and O–H groups in total. The van der Waals surface area contributed by atoms with Crippen LogP contribution >= 0.6 is 0 Å². The van der Waals surface area contributed by atoms with Gasteiger partial charge in [0.1, 0.15) is 18.1 Å². The molecule has 0 saturated carbocycles.